The van der Waals surface area contributed by atoms with Crippen molar-refractivity contribution in [3.63, 3.8) is 0 Å². The summed E-state index contributed by atoms with van der Waals surface area (Å²) in [5.74, 6) is -1.25. The molecule has 0 aliphatic rings. The SMILES string of the molecule is CCC(C)(CNC(=O)NC(C)C(=O)NC(C)C)C(=O)O. The van der Waals surface area contributed by atoms with Crippen LogP contribution in [-0.2, 0) is 9.59 Å². The summed E-state index contributed by atoms with van der Waals surface area (Å²) in [4.78, 5) is 34.3. The van der Waals surface area contributed by atoms with E-state index in [-0.39, 0.29) is 18.5 Å². The van der Waals surface area contributed by atoms with Crippen LogP contribution in [0.25, 0.3) is 0 Å². The Labute approximate surface area is 119 Å². The fourth-order valence-corrected chi connectivity index (χ4v) is 1.35. The molecular formula is C13H25N3O4. The molecule has 0 aliphatic heterocycles. The van der Waals surface area contributed by atoms with E-state index in [9.17, 15) is 14.4 Å². The van der Waals surface area contributed by atoms with Crippen molar-refractivity contribution in [1.29, 1.82) is 0 Å². The third-order valence-corrected chi connectivity index (χ3v) is 3.11. The highest BCUT2D eigenvalue weighted by Gasteiger charge is 2.31. The zero-order valence-corrected chi connectivity index (χ0v) is 12.7. The maximum atomic E-state index is 11.6. The number of hydrogen-bond acceptors (Lipinski definition) is 3. The Hall–Kier alpha value is -1.79. The summed E-state index contributed by atoms with van der Waals surface area (Å²) >= 11 is 0. The van der Waals surface area contributed by atoms with Gasteiger partial charge in [-0.05, 0) is 34.1 Å². The number of rotatable bonds is 7. The quantitative estimate of drug-likeness (QED) is 0.553. The summed E-state index contributed by atoms with van der Waals surface area (Å²) in [6.07, 6.45) is 0.395. The molecule has 0 rings (SSSR count). The predicted molar refractivity (Wildman–Crippen MR) is 75.3 cm³/mol. The van der Waals surface area contributed by atoms with Gasteiger partial charge in [0.05, 0.1) is 5.41 Å². The van der Waals surface area contributed by atoms with Gasteiger partial charge in [0.15, 0.2) is 0 Å². The topological polar surface area (TPSA) is 108 Å². The van der Waals surface area contributed by atoms with E-state index in [1.54, 1.807) is 20.8 Å². The molecule has 0 spiro atoms. The number of nitrogens with one attached hydrogen (secondary N) is 3. The van der Waals surface area contributed by atoms with Gasteiger partial charge in [0.1, 0.15) is 6.04 Å². The first-order valence-corrected chi connectivity index (χ1v) is 6.70. The number of aliphatic carboxylic acids is 1. The molecule has 0 radical (unpaired) electrons. The minimum Gasteiger partial charge on any atom is -0.481 e. The average molecular weight is 287 g/mol. The van der Waals surface area contributed by atoms with E-state index in [1.807, 2.05) is 13.8 Å². The second-order valence-corrected chi connectivity index (χ2v) is 5.43. The Morgan fingerprint density at radius 1 is 1.15 bits per heavy atom. The molecule has 20 heavy (non-hydrogen) atoms. The zero-order chi connectivity index (χ0) is 15.9. The van der Waals surface area contributed by atoms with E-state index >= 15 is 0 Å². The minimum atomic E-state index is -1.01. The number of urea groups is 1. The molecule has 2 unspecified atom stereocenters. The van der Waals surface area contributed by atoms with Crippen molar-refractivity contribution in [2.75, 3.05) is 6.54 Å². The second-order valence-electron chi connectivity index (χ2n) is 5.43. The van der Waals surface area contributed by atoms with Gasteiger partial charge in [-0.3, -0.25) is 9.59 Å². The molecule has 0 aliphatic carbocycles. The lowest BCUT2D eigenvalue weighted by molar-refractivity contribution is -0.147. The third-order valence-electron chi connectivity index (χ3n) is 3.11. The van der Waals surface area contributed by atoms with Crippen LogP contribution >= 0.6 is 0 Å². The molecule has 0 aromatic heterocycles. The number of carbonyl (C=O) groups is 3. The summed E-state index contributed by atoms with van der Waals surface area (Å²) in [5, 5.41) is 16.7. The van der Waals surface area contributed by atoms with E-state index in [2.05, 4.69) is 16.0 Å². The summed E-state index contributed by atoms with van der Waals surface area (Å²) in [5.41, 5.74) is -1.01. The van der Waals surface area contributed by atoms with E-state index in [0.717, 1.165) is 0 Å². The van der Waals surface area contributed by atoms with Gasteiger partial charge in [0, 0.05) is 12.6 Å². The monoisotopic (exact) mass is 287 g/mol. The third kappa shape index (κ3) is 5.90. The van der Waals surface area contributed by atoms with Crippen LogP contribution in [0.4, 0.5) is 4.79 Å². The molecule has 7 nitrogen and oxygen atoms in total. The maximum Gasteiger partial charge on any atom is 0.315 e. The van der Waals surface area contributed by atoms with Crippen LogP contribution in [0, 0.1) is 5.41 Å². The Kier molecular flexibility index (Phi) is 7.02. The molecule has 0 heterocycles. The highest BCUT2D eigenvalue weighted by molar-refractivity contribution is 5.87. The van der Waals surface area contributed by atoms with E-state index in [0.29, 0.717) is 6.42 Å². The fourth-order valence-electron chi connectivity index (χ4n) is 1.35. The normalized spacial score (nSPS) is 15.1. The number of carboxylic acids is 1. The Bertz CT molecular complexity index is 371. The van der Waals surface area contributed by atoms with Crippen molar-refractivity contribution < 1.29 is 19.5 Å². The predicted octanol–water partition coefficient (Wildman–Crippen LogP) is 0.700. The Balaban J connectivity index is 4.30. The minimum absolute atomic E-state index is 0.00316. The molecule has 7 heteroatoms. The summed E-state index contributed by atoms with van der Waals surface area (Å²) in [7, 11) is 0. The van der Waals surface area contributed by atoms with Crippen LogP contribution in [0.15, 0.2) is 0 Å². The smallest absolute Gasteiger partial charge is 0.315 e. The lowest BCUT2D eigenvalue weighted by Crippen LogP contribution is -2.51. The van der Waals surface area contributed by atoms with Crippen LogP contribution in [0.3, 0.4) is 0 Å². The number of amides is 3. The van der Waals surface area contributed by atoms with Gasteiger partial charge in [0.2, 0.25) is 5.91 Å². The van der Waals surface area contributed by atoms with Crippen LogP contribution in [0.1, 0.15) is 41.0 Å². The standard InChI is InChI=1S/C13H25N3O4/c1-6-13(5,11(18)19)7-14-12(20)16-9(4)10(17)15-8(2)3/h8-9H,6-7H2,1-5H3,(H,15,17)(H,18,19)(H2,14,16,20). The van der Waals surface area contributed by atoms with Gasteiger partial charge < -0.3 is 21.1 Å². The number of hydrogen-bond donors (Lipinski definition) is 4. The zero-order valence-electron chi connectivity index (χ0n) is 12.7. The summed E-state index contributed by atoms with van der Waals surface area (Å²) in [6.45, 7) is 8.52. The molecule has 0 saturated carbocycles. The van der Waals surface area contributed by atoms with Crippen molar-refractivity contribution in [3.05, 3.63) is 0 Å². The van der Waals surface area contributed by atoms with E-state index in [1.165, 1.54) is 0 Å². The van der Waals surface area contributed by atoms with Gasteiger partial charge in [-0.15, -0.1) is 0 Å². The van der Waals surface area contributed by atoms with Crippen LogP contribution in [0.5, 0.6) is 0 Å². The molecule has 0 saturated heterocycles. The molecule has 0 fully saturated rings. The van der Waals surface area contributed by atoms with Crippen molar-refractivity contribution in [3.8, 4) is 0 Å². The molecule has 0 aromatic carbocycles. The van der Waals surface area contributed by atoms with E-state index < -0.39 is 23.5 Å². The average Bonchev–Trinajstić information content (AvgIpc) is 2.34. The first kappa shape index (κ1) is 18.2. The van der Waals surface area contributed by atoms with E-state index in [4.69, 9.17) is 5.11 Å². The molecule has 4 N–H and O–H groups in total. The number of carboxylic acid groups (broad SMARTS) is 1. The molecule has 3 amide bonds. The summed E-state index contributed by atoms with van der Waals surface area (Å²) < 4.78 is 0. The van der Waals surface area contributed by atoms with Gasteiger partial charge in [0.25, 0.3) is 0 Å². The first-order valence-electron chi connectivity index (χ1n) is 6.70. The molecular weight excluding hydrogens is 262 g/mol. The fraction of sp³-hybridized carbons (Fsp3) is 0.769. The van der Waals surface area contributed by atoms with Gasteiger partial charge in [-0.25, -0.2) is 4.79 Å². The number of carbonyl (C=O) groups excluding carboxylic acids is 2. The largest absolute Gasteiger partial charge is 0.481 e. The maximum absolute atomic E-state index is 11.6. The Morgan fingerprint density at radius 2 is 1.70 bits per heavy atom. The summed E-state index contributed by atoms with van der Waals surface area (Å²) in [6, 6.07) is -1.25. The second kappa shape index (κ2) is 7.72. The van der Waals surface area contributed by atoms with Gasteiger partial charge in [-0.2, -0.15) is 0 Å². The molecule has 0 aromatic rings. The molecule has 2 atom stereocenters. The molecule has 116 valence electrons. The molecule has 0 bridgehead atoms. The van der Waals surface area contributed by atoms with Crippen molar-refractivity contribution in [1.82, 2.24) is 16.0 Å². The van der Waals surface area contributed by atoms with Crippen LogP contribution < -0.4 is 16.0 Å². The van der Waals surface area contributed by atoms with Crippen LogP contribution in [0.2, 0.25) is 0 Å². The highest BCUT2D eigenvalue weighted by atomic mass is 16.4. The van der Waals surface area contributed by atoms with Gasteiger partial charge in [-0.1, -0.05) is 6.92 Å². The van der Waals surface area contributed by atoms with Gasteiger partial charge >= 0.3 is 12.0 Å². The lowest BCUT2D eigenvalue weighted by Gasteiger charge is -2.24. The lowest BCUT2D eigenvalue weighted by atomic mass is 9.88. The highest BCUT2D eigenvalue weighted by Crippen LogP contribution is 2.19. The van der Waals surface area contributed by atoms with Crippen LogP contribution in [-0.4, -0.2) is 41.6 Å². The first-order chi connectivity index (χ1) is 9.12. The van der Waals surface area contributed by atoms with Crippen molar-refractivity contribution in [2.24, 2.45) is 5.41 Å². The van der Waals surface area contributed by atoms with Crippen molar-refractivity contribution >= 4 is 17.9 Å². The Morgan fingerprint density at radius 3 is 2.10 bits per heavy atom. The van der Waals surface area contributed by atoms with Crippen molar-refractivity contribution in [2.45, 2.75) is 53.1 Å².